The van der Waals surface area contributed by atoms with Crippen molar-refractivity contribution < 1.29 is 0 Å². The van der Waals surface area contributed by atoms with Gasteiger partial charge in [0.05, 0.1) is 0 Å². The van der Waals surface area contributed by atoms with Crippen LogP contribution in [0.5, 0.6) is 0 Å². The molecule has 0 unspecified atom stereocenters. The zero-order valence-electron chi connectivity index (χ0n) is 12.8. The largest absolute Gasteiger partial charge is 0.369 e. The Balaban J connectivity index is 2.10. The molecule has 112 valence electrons. The number of piperazine rings is 1. The quantitative estimate of drug-likeness (QED) is 0.901. The summed E-state index contributed by atoms with van der Waals surface area (Å²) in [6.45, 7) is 13.1. The van der Waals surface area contributed by atoms with Gasteiger partial charge in [-0.25, -0.2) is 0 Å². The number of hydrogen-bond acceptors (Lipinski definition) is 3. The summed E-state index contributed by atoms with van der Waals surface area (Å²) in [5.41, 5.74) is 2.63. The predicted molar refractivity (Wildman–Crippen MR) is 87.8 cm³/mol. The summed E-state index contributed by atoms with van der Waals surface area (Å²) in [6.07, 6.45) is 0. The molecule has 0 saturated carbocycles. The van der Waals surface area contributed by atoms with E-state index in [0.29, 0.717) is 6.04 Å². The van der Waals surface area contributed by atoms with E-state index < -0.39 is 0 Å². The molecule has 1 N–H and O–H groups in total. The van der Waals surface area contributed by atoms with Gasteiger partial charge in [-0.2, -0.15) is 0 Å². The number of benzene rings is 1. The number of hydrogen-bond donors (Lipinski definition) is 1. The number of anilines is 1. The van der Waals surface area contributed by atoms with Crippen LogP contribution in [0.25, 0.3) is 0 Å². The van der Waals surface area contributed by atoms with E-state index in [-0.39, 0.29) is 0 Å². The van der Waals surface area contributed by atoms with Gasteiger partial charge in [-0.1, -0.05) is 32.4 Å². The number of nitrogens with one attached hydrogen (secondary N) is 1. The first-order valence-corrected chi connectivity index (χ1v) is 7.97. The van der Waals surface area contributed by atoms with E-state index >= 15 is 0 Å². The Labute approximate surface area is 127 Å². The van der Waals surface area contributed by atoms with Gasteiger partial charge < -0.3 is 15.1 Å². The summed E-state index contributed by atoms with van der Waals surface area (Å²) >= 11 is 6.16. The van der Waals surface area contributed by atoms with Crippen molar-refractivity contribution in [2.24, 2.45) is 0 Å². The zero-order valence-corrected chi connectivity index (χ0v) is 13.6. The first-order valence-electron chi connectivity index (χ1n) is 7.59. The molecule has 1 aliphatic rings. The molecule has 2 rings (SSSR count). The third kappa shape index (κ3) is 4.11. The Hall–Kier alpha value is -0.770. The van der Waals surface area contributed by atoms with Gasteiger partial charge in [0.2, 0.25) is 0 Å². The Morgan fingerprint density at radius 1 is 1.20 bits per heavy atom. The van der Waals surface area contributed by atoms with Gasteiger partial charge in [-0.3, -0.25) is 0 Å². The standard InChI is InChI=1S/C16H26ClN3/c1-4-19-7-9-20(10-8-19)16-6-5-15(17)11-14(16)12-18-13(2)3/h5-6,11,13,18H,4,7-10,12H2,1-3H3. The summed E-state index contributed by atoms with van der Waals surface area (Å²) in [7, 11) is 0. The van der Waals surface area contributed by atoms with Crippen LogP contribution >= 0.6 is 11.6 Å². The second kappa shape index (κ2) is 7.30. The fourth-order valence-corrected chi connectivity index (χ4v) is 2.82. The lowest BCUT2D eigenvalue weighted by Gasteiger charge is -2.36. The summed E-state index contributed by atoms with van der Waals surface area (Å²) in [5, 5.41) is 4.31. The second-order valence-electron chi connectivity index (χ2n) is 5.73. The second-order valence-corrected chi connectivity index (χ2v) is 6.17. The first-order chi connectivity index (χ1) is 9.60. The minimum absolute atomic E-state index is 0.485. The van der Waals surface area contributed by atoms with E-state index in [1.165, 1.54) is 11.3 Å². The van der Waals surface area contributed by atoms with E-state index in [1.54, 1.807) is 0 Å². The minimum Gasteiger partial charge on any atom is -0.369 e. The van der Waals surface area contributed by atoms with Crippen molar-refractivity contribution in [3.8, 4) is 0 Å². The van der Waals surface area contributed by atoms with E-state index in [9.17, 15) is 0 Å². The molecule has 1 heterocycles. The third-order valence-corrected chi connectivity index (χ3v) is 4.14. The Morgan fingerprint density at radius 2 is 1.90 bits per heavy atom. The van der Waals surface area contributed by atoms with Crippen molar-refractivity contribution in [2.45, 2.75) is 33.4 Å². The van der Waals surface area contributed by atoms with Gasteiger partial charge in [0.1, 0.15) is 0 Å². The van der Waals surface area contributed by atoms with Crippen LogP contribution in [0.15, 0.2) is 18.2 Å². The molecule has 1 aromatic carbocycles. The van der Waals surface area contributed by atoms with E-state index in [4.69, 9.17) is 11.6 Å². The van der Waals surface area contributed by atoms with Crippen molar-refractivity contribution in [1.29, 1.82) is 0 Å². The van der Waals surface area contributed by atoms with Crippen LogP contribution in [0.2, 0.25) is 5.02 Å². The summed E-state index contributed by atoms with van der Waals surface area (Å²) in [5.74, 6) is 0. The average molecular weight is 296 g/mol. The van der Waals surface area contributed by atoms with Crippen LogP contribution in [0, 0.1) is 0 Å². The fourth-order valence-electron chi connectivity index (χ4n) is 2.62. The topological polar surface area (TPSA) is 18.5 Å². The van der Waals surface area contributed by atoms with Gasteiger partial charge in [0, 0.05) is 49.5 Å². The molecular weight excluding hydrogens is 270 g/mol. The lowest BCUT2D eigenvalue weighted by molar-refractivity contribution is 0.271. The Kier molecular flexibility index (Phi) is 5.70. The number of likely N-dealkylation sites (N-methyl/N-ethyl adjacent to an activating group) is 1. The van der Waals surface area contributed by atoms with Gasteiger partial charge in [0.25, 0.3) is 0 Å². The molecule has 1 fully saturated rings. The smallest absolute Gasteiger partial charge is 0.0413 e. The van der Waals surface area contributed by atoms with Crippen molar-refractivity contribution >= 4 is 17.3 Å². The van der Waals surface area contributed by atoms with Crippen LogP contribution in [0.1, 0.15) is 26.3 Å². The van der Waals surface area contributed by atoms with E-state index in [1.807, 2.05) is 6.07 Å². The highest BCUT2D eigenvalue weighted by atomic mass is 35.5. The van der Waals surface area contributed by atoms with E-state index in [0.717, 1.165) is 44.3 Å². The first kappa shape index (κ1) is 15.6. The third-order valence-electron chi connectivity index (χ3n) is 3.90. The highest BCUT2D eigenvalue weighted by molar-refractivity contribution is 6.30. The van der Waals surface area contributed by atoms with Crippen molar-refractivity contribution in [2.75, 3.05) is 37.6 Å². The van der Waals surface area contributed by atoms with Crippen LogP contribution in [-0.2, 0) is 6.54 Å². The number of nitrogens with zero attached hydrogens (tertiary/aromatic N) is 2. The highest BCUT2D eigenvalue weighted by Gasteiger charge is 2.18. The highest BCUT2D eigenvalue weighted by Crippen LogP contribution is 2.25. The maximum Gasteiger partial charge on any atom is 0.0413 e. The zero-order chi connectivity index (χ0) is 14.5. The molecule has 0 spiro atoms. The molecule has 20 heavy (non-hydrogen) atoms. The lowest BCUT2D eigenvalue weighted by Crippen LogP contribution is -2.46. The van der Waals surface area contributed by atoms with Gasteiger partial charge in [0.15, 0.2) is 0 Å². The monoisotopic (exact) mass is 295 g/mol. The molecule has 3 nitrogen and oxygen atoms in total. The maximum absolute atomic E-state index is 6.16. The van der Waals surface area contributed by atoms with Gasteiger partial charge in [-0.05, 0) is 30.3 Å². The molecule has 0 radical (unpaired) electrons. The fraction of sp³-hybridized carbons (Fsp3) is 0.625. The Bertz CT molecular complexity index is 426. The summed E-state index contributed by atoms with van der Waals surface area (Å²) < 4.78 is 0. The van der Waals surface area contributed by atoms with Crippen LogP contribution in [-0.4, -0.2) is 43.7 Å². The van der Waals surface area contributed by atoms with Gasteiger partial charge >= 0.3 is 0 Å². The van der Waals surface area contributed by atoms with Gasteiger partial charge in [-0.15, -0.1) is 0 Å². The van der Waals surface area contributed by atoms with Crippen LogP contribution < -0.4 is 10.2 Å². The molecule has 0 amide bonds. The molecule has 0 bridgehead atoms. The van der Waals surface area contributed by atoms with Crippen molar-refractivity contribution in [3.05, 3.63) is 28.8 Å². The Morgan fingerprint density at radius 3 is 2.50 bits per heavy atom. The number of halogens is 1. The summed E-state index contributed by atoms with van der Waals surface area (Å²) in [6, 6.07) is 6.75. The van der Waals surface area contributed by atoms with Crippen LogP contribution in [0.3, 0.4) is 0 Å². The molecule has 0 aliphatic carbocycles. The average Bonchev–Trinajstić information content (AvgIpc) is 2.45. The minimum atomic E-state index is 0.485. The van der Waals surface area contributed by atoms with E-state index in [2.05, 4.69) is 48.0 Å². The predicted octanol–water partition coefficient (Wildman–Crippen LogP) is 2.98. The molecule has 1 aromatic rings. The molecule has 1 saturated heterocycles. The lowest BCUT2D eigenvalue weighted by atomic mass is 10.1. The summed E-state index contributed by atoms with van der Waals surface area (Å²) in [4.78, 5) is 4.98. The van der Waals surface area contributed by atoms with Crippen LogP contribution in [0.4, 0.5) is 5.69 Å². The molecule has 0 atom stereocenters. The molecule has 4 heteroatoms. The SMILES string of the molecule is CCN1CCN(c2ccc(Cl)cc2CNC(C)C)CC1. The molecule has 1 aliphatic heterocycles. The molecular formula is C16H26ClN3. The maximum atomic E-state index is 6.16. The number of rotatable bonds is 5. The normalized spacial score (nSPS) is 16.9. The van der Waals surface area contributed by atoms with Crippen molar-refractivity contribution in [1.82, 2.24) is 10.2 Å². The molecule has 0 aromatic heterocycles. The van der Waals surface area contributed by atoms with Crippen molar-refractivity contribution in [3.63, 3.8) is 0 Å².